The van der Waals surface area contributed by atoms with Gasteiger partial charge in [-0.25, -0.2) is 9.97 Å². The van der Waals surface area contributed by atoms with Gasteiger partial charge in [0.15, 0.2) is 0 Å². The summed E-state index contributed by atoms with van der Waals surface area (Å²) in [7, 11) is 1.69. The quantitative estimate of drug-likeness (QED) is 0.624. The zero-order chi connectivity index (χ0) is 18.4. The van der Waals surface area contributed by atoms with Gasteiger partial charge >= 0.3 is 0 Å². The highest BCUT2D eigenvalue weighted by Gasteiger charge is 2.04. The topological polar surface area (TPSA) is 59.1 Å². The van der Waals surface area contributed by atoms with Gasteiger partial charge in [-0.2, -0.15) is 0 Å². The first-order valence-corrected chi connectivity index (χ1v) is 8.74. The molecule has 0 aliphatic heterocycles. The van der Waals surface area contributed by atoms with E-state index in [2.05, 4.69) is 26.7 Å². The van der Waals surface area contributed by atoms with Gasteiger partial charge in [-0.3, -0.25) is 0 Å². The van der Waals surface area contributed by atoms with Gasteiger partial charge in [-0.05, 0) is 42.7 Å². The predicted molar refractivity (Wildman–Crippen MR) is 107 cm³/mol. The van der Waals surface area contributed by atoms with Crippen LogP contribution in [0.15, 0.2) is 54.9 Å². The predicted octanol–water partition coefficient (Wildman–Crippen LogP) is 4.85. The number of hydrogen-bond donors (Lipinski definition) is 2. The van der Waals surface area contributed by atoms with Crippen molar-refractivity contribution in [2.45, 2.75) is 13.3 Å². The molecule has 3 rings (SSSR count). The number of nitrogens with one attached hydrogen (secondary N) is 2. The van der Waals surface area contributed by atoms with Crippen molar-refractivity contribution in [2.24, 2.45) is 0 Å². The molecular formula is C20H21ClN4O. The van der Waals surface area contributed by atoms with Crippen LogP contribution in [0, 0.1) is 6.92 Å². The van der Waals surface area contributed by atoms with Crippen molar-refractivity contribution in [1.82, 2.24) is 9.97 Å². The Morgan fingerprint density at radius 1 is 1.04 bits per heavy atom. The van der Waals surface area contributed by atoms with E-state index < -0.39 is 0 Å². The maximum atomic E-state index is 6.17. The van der Waals surface area contributed by atoms with Gasteiger partial charge in [0.1, 0.15) is 23.7 Å². The molecule has 2 aromatic carbocycles. The maximum absolute atomic E-state index is 6.17. The number of aryl methyl sites for hydroxylation is 1. The molecule has 0 radical (unpaired) electrons. The molecule has 2 N–H and O–H groups in total. The normalized spacial score (nSPS) is 10.4. The van der Waals surface area contributed by atoms with Crippen molar-refractivity contribution in [3.8, 4) is 5.75 Å². The molecule has 3 aromatic rings. The molecule has 0 fully saturated rings. The summed E-state index contributed by atoms with van der Waals surface area (Å²) in [5.74, 6) is 2.37. The molecule has 1 heterocycles. The fourth-order valence-electron chi connectivity index (χ4n) is 2.58. The van der Waals surface area contributed by atoms with Gasteiger partial charge in [-0.1, -0.05) is 35.9 Å². The number of ether oxygens (including phenoxy) is 1. The number of hydrogen-bond acceptors (Lipinski definition) is 5. The minimum atomic E-state index is 0.708. The fourth-order valence-corrected chi connectivity index (χ4v) is 2.76. The maximum Gasteiger partial charge on any atom is 0.135 e. The summed E-state index contributed by atoms with van der Waals surface area (Å²) >= 11 is 6.17. The summed E-state index contributed by atoms with van der Waals surface area (Å²) < 4.78 is 5.38. The van der Waals surface area contributed by atoms with Crippen LogP contribution in [0.4, 0.5) is 17.3 Å². The lowest BCUT2D eigenvalue weighted by Gasteiger charge is -2.11. The second kappa shape index (κ2) is 8.54. The van der Waals surface area contributed by atoms with Gasteiger partial charge < -0.3 is 15.4 Å². The van der Waals surface area contributed by atoms with E-state index in [1.54, 1.807) is 7.11 Å². The Labute approximate surface area is 158 Å². The molecule has 134 valence electrons. The van der Waals surface area contributed by atoms with Crippen LogP contribution in [0.5, 0.6) is 5.75 Å². The number of anilines is 3. The minimum Gasteiger partial charge on any atom is -0.496 e. The van der Waals surface area contributed by atoms with E-state index in [4.69, 9.17) is 16.3 Å². The van der Waals surface area contributed by atoms with Gasteiger partial charge in [0, 0.05) is 23.3 Å². The summed E-state index contributed by atoms with van der Waals surface area (Å²) in [6.07, 6.45) is 2.37. The molecule has 0 aliphatic carbocycles. The second-order valence-corrected chi connectivity index (χ2v) is 6.27. The Balaban J connectivity index is 1.61. The van der Waals surface area contributed by atoms with E-state index in [-0.39, 0.29) is 0 Å². The van der Waals surface area contributed by atoms with Crippen molar-refractivity contribution in [1.29, 1.82) is 0 Å². The molecule has 6 heteroatoms. The number of aromatic nitrogens is 2. The number of methoxy groups -OCH3 is 1. The molecule has 26 heavy (non-hydrogen) atoms. The molecule has 5 nitrogen and oxygen atoms in total. The number of nitrogens with zero attached hydrogens (tertiary/aromatic N) is 2. The lowest BCUT2D eigenvalue weighted by atomic mass is 10.1. The SMILES string of the molecule is COc1ccccc1CCNc1cc(Nc2ccc(C)c(Cl)c2)ncn1. The summed E-state index contributed by atoms with van der Waals surface area (Å²) in [6.45, 7) is 2.72. The highest BCUT2D eigenvalue weighted by molar-refractivity contribution is 6.31. The largest absolute Gasteiger partial charge is 0.496 e. The van der Waals surface area contributed by atoms with E-state index >= 15 is 0 Å². The van der Waals surface area contributed by atoms with Gasteiger partial charge in [-0.15, -0.1) is 0 Å². The highest BCUT2D eigenvalue weighted by atomic mass is 35.5. The van der Waals surface area contributed by atoms with Crippen molar-refractivity contribution in [3.63, 3.8) is 0 Å². The zero-order valence-corrected chi connectivity index (χ0v) is 15.5. The molecule has 0 atom stereocenters. The standard InChI is InChI=1S/C20H21ClN4O/c1-14-7-8-16(11-17(14)21)25-20-12-19(23-13-24-20)22-10-9-15-5-3-4-6-18(15)26-2/h3-8,11-13H,9-10H2,1-2H3,(H2,22,23,24,25). The lowest BCUT2D eigenvalue weighted by Crippen LogP contribution is -2.08. The smallest absolute Gasteiger partial charge is 0.135 e. The number of benzene rings is 2. The zero-order valence-electron chi connectivity index (χ0n) is 14.8. The van der Waals surface area contributed by atoms with E-state index in [1.165, 1.54) is 6.33 Å². The molecule has 0 amide bonds. The number of rotatable bonds is 7. The monoisotopic (exact) mass is 368 g/mol. The average Bonchev–Trinajstić information content (AvgIpc) is 2.65. The summed E-state index contributed by atoms with van der Waals surface area (Å²) in [6, 6.07) is 15.7. The highest BCUT2D eigenvalue weighted by Crippen LogP contribution is 2.23. The van der Waals surface area contributed by atoms with E-state index in [9.17, 15) is 0 Å². The Bertz CT molecular complexity index is 885. The van der Waals surface area contributed by atoms with Crippen molar-refractivity contribution >= 4 is 28.9 Å². The average molecular weight is 369 g/mol. The van der Waals surface area contributed by atoms with Crippen LogP contribution in [0.3, 0.4) is 0 Å². The molecule has 0 saturated heterocycles. The molecule has 0 unspecified atom stereocenters. The molecule has 0 saturated carbocycles. The van der Waals surface area contributed by atoms with Gasteiger partial charge in [0.2, 0.25) is 0 Å². The van der Waals surface area contributed by atoms with E-state index in [0.717, 1.165) is 46.4 Å². The summed E-state index contributed by atoms with van der Waals surface area (Å²) in [5.41, 5.74) is 3.09. The second-order valence-electron chi connectivity index (χ2n) is 5.87. The van der Waals surface area contributed by atoms with E-state index in [0.29, 0.717) is 5.82 Å². The van der Waals surface area contributed by atoms with Crippen LogP contribution in [0.2, 0.25) is 5.02 Å². The van der Waals surface area contributed by atoms with Crippen LogP contribution < -0.4 is 15.4 Å². The van der Waals surface area contributed by atoms with Crippen LogP contribution in [-0.2, 0) is 6.42 Å². The van der Waals surface area contributed by atoms with Crippen LogP contribution in [-0.4, -0.2) is 23.6 Å². The van der Waals surface area contributed by atoms with Gasteiger partial charge in [0.05, 0.1) is 7.11 Å². The molecular weight excluding hydrogens is 348 g/mol. The van der Waals surface area contributed by atoms with Crippen LogP contribution in [0.1, 0.15) is 11.1 Å². The Morgan fingerprint density at radius 3 is 2.65 bits per heavy atom. The minimum absolute atomic E-state index is 0.708. The fraction of sp³-hybridized carbons (Fsp3) is 0.200. The van der Waals surface area contributed by atoms with Crippen LogP contribution >= 0.6 is 11.6 Å². The van der Waals surface area contributed by atoms with Gasteiger partial charge in [0.25, 0.3) is 0 Å². The Hall–Kier alpha value is -2.79. The number of para-hydroxylation sites is 1. The molecule has 0 spiro atoms. The first-order chi connectivity index (χ1) is 12.7. The Kier molecular flexibility index (Phi) is 5.92. The van der Waals surface area contributed by atoms with Crippen molar-refractivity contribution < 1.29 is 4.74 Å². The van der Waals surface area contributed by atoms with Crippen LogP contribution in [0.25, 0.3) is 0 Å². The lowest BCUT2D eigenvalue weighted by molar-refractivity contribution is 0.410. The van der Waals surface area contributed by atoms with E-state index in [1.807, 2.05) is 49.4 Å². The summed E-state index contributed by atoms with van der Waals surface area (Å²) in [5, 5.41) is 7.28. The third-order valence-electron chi connectivity index (χ3n) is 4.00. The Morgan fingerprint density at radius 2 is 1.85 bits per heavy atom. The number of halogens is 1. The van der Waals surface area contributed by atoms with Crippen molar-refractivity contribution in [3.05, 3.63) is 71.0 Å². The summed E-state index contributed by atoms with van der Waals surface area (Å²) in [4.78, 5) is 8.52. The van der Waals surface area contributed by atoms with Crippen molar-refractivity contribution in [2.75, 3.05) is 24.3 Å². The third kappa shape index (κ3) is 4.64. The molecule has 1 aromatic heterocycles. The first-order valence-electron chi connectivity index (χ1n) is 8.36. The molecule has 0 bridgehead atoms. The first kappa shape index (κ1) is 18.0. The molecule has 0 aliphatic rings. The third-order valence-corrected chi connectivity index (χ3v) is 4.41.